The number of hydrogen-bond donors (Lipinski definition) is 1. The molecule has 1 saturated carbocycles. The molecule has 1 heterocycles. The van der Waals surface area contributed by atoms with Gasteiger partial charge in [0.2, 0.25) is 0 Å². The summed E-state index contributed by atoms with van der Waals surface area (Å²) in [7, 11) is 3.38. The van der Waals surface area contributed by atoms with Gasteiger partial charge in [0.1, 0.15) is 23.9 Å². The fraction of sp³-hybridized carbons (Fsp3) is 0.619. The van der Waals surface area contributed by atoms with Crippen LogP contribution in [-0.2, 0) is 17.9 Å². The van der Waals surface area contributed by atoms with Crippen molar-refractivity contribution in [3.63, 3.8) is 0 Å². The number of ether oxygens (including phenoxy) is 3. The summed E-state index contributed by atoms with van der Waals surface area (Å²) < 4.78 is 18.7. The zero-order valence-electron chi connectivity index (χ0n) is 17.5. The fourth-order valence-corrected chi connectivity index (χ4v) is 3.78. The third-order valence-corrected chi connectivity index (χ3v) is 5.38. The molecule has 0 saturated heterocycles. The molecule has 1 aliphatic carbocycles. The van der Waals surface area contributed by atoms with E-state index < -0.39 is 0 Å². The summed E-state index contributed by atoms with van der Waals surface area (Å²) in [6.45, 7) is 3.39. The van der Waals surface area contributed by atoms with Crippen molar-refractivity contribution >= 4 is 12.4 Å². The van der Waals surface area contributed by atoms with E-state index in [0.717, 1.165) is 56.0 Å². The maximum absolute atomic E-state index is 6.32. The number of unbranched alkanes of at least 4 members (excludes halogenated alkanes) is 1. The Morgan fingerprint density at radius 2 is 2.00 bits per heavy atom. The average molecular weight is 425 g/mol. The summed E-state index contributed by atoms with van der Waals surface area (Å²) in [4.78, 5) is 4.83. The van der Waals surface area contributed by atoms with Crippen LogP contribution >= 0.6 is 12.4 Å². The van der Waals surface area contributed by atoms with Crippen LogP contribution in [0.2, 0.25) is 0 Å². The van der Waals surface area contributed by atoms with Crippen LogP contribution < -0.4 is 15.2 Å². The molecular weight excluding hydrogens is 392 g/mol. The van der Waals surface area contributed by atoms with Gasteiger partial charge in [0.05, 0.1) is 13.2 Å². The van der Waals surface area contributed by atoms with E-state index in [2.05, 4.69) is 11.6 Å². The zero-order valence-corrected chi connectivity index (χ0v) is 18.4. The third kappa shape index (κ3) is 6.07. The summed E-state index contributed by atoms with van der Waals surface area (Å²) >= 11 is 0. The second-order valence-corrected chi connectivity index (χ2v) is 7.38. The summed E-state index contributed by atoms with van der Waals surface area (Å²) in [6.07, 6.45) is 5.18. The fourth-order valence-electron chi connectivity index (χ4n) is 3.78. The zero-order chi connectivity index (χ0) is 19.9. The van der Waals surface area contributed by atoms with E-state index in [4.69, 9.17) is 30.0 Å². The lowest BCUT2D eigenvalue weighted by atomic mass is 9.83. The lowest BCUT2D eigenvalue weighted by molar-refractivity contribution is 0.0479. The van der Waals surface area contributed by atoms with Gasteiger partial charge in [-0.15, -0.1) is 12.4 Å². The van der Waals surface area contributed by atoms with Crippen molar-refractivity contribution in [1.29, 1.82) is 0 Å². The Kier molecular flexibility index (Phi) is 9.20. The number of nitrogens with zero attached hydrogens (tertiary/aromatic N) is 3. The highest BCUT2D eigenvalue weighted by molar-refractivity contribution is 5.85. The van der Waals surface area contributed by atoms with Crippen molar-refractivity contribution in [2.24, 2.45) is 5.73 Å². The van der Waals surface area contributed by atoms with Crippen LogP contribution in [-0.4, -0.2) is 41.1 Å². The predicted molar refractivity (Wildman–Crippen MR) is 115 cm³/mol. The summed E-state index contributed by atoms with van der Waals surface area (Å²) in [5, 5.41) is 4.72. The Bertz CT molecular complexity index is 755. The van der Waals surface area contributed by atoms with Crippen LogP contribution in [0.1, 0.15) is 56.6 Å². The maximum atomic E-state index is 6.32. The van der Waals surface area contributed by atoms with Gasteiger partial charge < -0.3 is 19.9 Å². The number of benzene rings is 1. The molecule has 3 atom stereocenters. The van der Waals surface area contributed by atoms with Crippen LogP contribution in [0.4, 0.5) is 0 Å². The van der Waals surface area contributed by atoms with Crippen LogP contribution in [0.15, 0.2) is 24.3 Å². The van der Waals surface area contributed by atoms with Crippen molar-refractivity contribution in [3.8, 4) is 11.5 Å². The van der Waals surface area contributed by atoms with Crippen molar-refractivity contribution < 1.29 is 14.2 Å². The number of rotatable bonds is 9. The molecule has 2 N–H and O–H groups in total. The second kappa shape index (κ2) is 11.4. The largest absolute Gasteiger partial charge is 0.497 e. The first-order chi connectivity index (χ1) is 13.6. The van der Waals surface area contributed by atoms with Gasteiger partial charge in [-0.2, -0.15) is 5.10 Å². The minimum atomic E-state index is 0. The molecule has 1 aliphatic rings. The molecule has 162 valence electrons. The molecule has 0 aliphatic heterocycles. The summed E-state index contributed by atoms with van der Waals surface area (Å²) in [5.74, 6) is 3.56. The number of aromatic nitrogens is 3. The van der Waals surface area contributed by atoms with Crippen molar-refractivity contribution in [1.82, 2.24) is 14.8 Å². The highest BCUT2D eigenvalue weighted by Gasteiger charge is 2.31. The van der Waals surface area contributed by atoms with Crippen LogP contribution in [0.3, 0.4) is 0 Å². The quantitative estimate of drug-likeness (QED) is 0.660. The van der Waals surface area contributed by atoms with E-state index in [1.807, 2.05) is 24.3 Å². The first-order valence-corrected chi connectivity index (χ1v) is 10.1. The first kappa shape index (κ1) is 23.4. The smallest absolute Gasteiger partial charge is 0.188 e. The average Bonchev–Trinajstić information content (AvgIpc) is 3.14. The molecule has 29 heavy (non-hydrogen) atoms. The Balaban J connectivity index is 0.00000300. The normalized spacial score (nSPS) is 21.4. The van der Waals surface area contributed by atoms with Crippen LogP contribution in [0, 0.1) is 0 Å². The lowest BCUT2D eigenvalue weighted by Crippen LogP contribution is -2.41. The predicted octanol–water partition coefficient (Wildman–Crippen LogP) is 3.70. The molecule has 0 bridgehead atoms. The second-order valence-electron chi connectivity index (χ2n) is 7.38. The van der Waals surface area contributed by atoms with Gasteiger partial charge in [-0.25, -0.2) is 9.67 Å². The molecule has 3 rings (SSSR count). The Morgan fingerprint density at radius 3 is 2.69 bits per heavy atom. The van der Waals surface area contributed by atoms with Crippen molar-refractivity contribution in [2.75, 3.05) is 14.2 Å². The van der Waals surface area contributed by atoms with Gasteiger partial charge >= 0.3 is 0 Å². The molecule has 1 aromatic carbocycles. The van der Waals surface area contributed by atoms with E-state index in [1.165, 1.54) is 0 Å². The number of methoxy groups -OCH3 is 2. The molecule has 0 amide bonds. The molecule has 0 radical (unpaired) electrons. The maximum Gasteiger partial charge on any atom is 0.188 e. The highest BCUT2D eigenvalue weighted by atomic mass is 35.5. The van der Waals surface area contributed by atoms with Gasteiger partial charge in [-0.05, 0) is 37.8 Å². The molecule has 0 unspecified atom stereocenters. The minimum absolute atomic E-state index is 0. The van der Waals surface area contributed by atoms with Gasteiger partial charge in [0.15, 0.2) is 5.82 Å². The molecule has 0 spiro atoms. The number of hydrogen-bond acceptors (Lipinski definition) is 6. The number of nitrogens with two attached hydrogens (primary N) is 1. The number of aryl methyl sites for hydroxylation is 1. The van der Waals surface area contributed by atoms with Gasteiger partial charge in [0.25, 0.3) is 0 Å². The van der Waals surface area contributed by atoms with Gasteiger partial charge in [-0.3, -0.25) is 0 Å². The molecule has 8 heteroatoms. The van der Waals surface area contributed by atoms with Gasteiger partial charge in [0, 0.05) is 31.7 Å². The summed E-state index contributed by atoms with van der Waals surface area (Å²) in [6, 6.07) is 7.60. The monoisotopic (exact) mass is 424 g/mol. The Labute approximate surface area is 179 Å². The van der Waals surface area contributed by atoms with E-state index >= 15 is 0 Å². The topological polar surface area (TPSA) is 84.4 Å². The standard InChI is InChI=1S/C21H32N4O3.ClH/c1-4-5-11-25-21(15-9-10-19(27-3)18(22)12-15)23-20(24-25)14-28-17-8-6-7-16(13-17)26-2;/h6-8,13,15,18-19H,4-5,9-12,14,22H2,1-3H3;1H/t15-,18+,19+;/m0./s1. The lowest BCUT2D eigenvalue weighted by Gasteiger charge is -2.32. The molecule has 2 aromatic rings. The molecule has 1 fully saturated rings. The van der Waals surface area contributed by atoms with E-state index in [0.29, 0.717) is 18.3 Å². The van der Waals surface area contributed by atoms with Crippen LogP contribution in [0.5, 0.6) is 11.5 Å². The van der Waals surface area contributed by atoms with Crippen LogP contribution in [0.25, 0.3) is 0 Å². The van der Waals surface area contributed by atoms with Crippen molar-refractivity contribution in [2.45, 2.75) is 70.2 Å². The highest BCUT2D eigenvalue weighted by Crippen LogP contribution is 2.33. The number of halogens is 1. The summed E-state index contributed by atoms with van der Waals surface area (Å²) in [5.41, 5.74) is 6.32. The third-order valence-electron chi connectivity index (χ3n) is 5.38. The van der Waals surface area contributed by atoms with Crippen molar-refractivity contribution in [3.05, 3.63) is 35.9 Å². The first-order valence-electron chi connectivity index (χ1n) is 10.1. The SMILES string of the molecule is CCCCn1nc(COc2cccc(OC)c2)nc1[C@H]1CC[C@@H](OC)[C@H](N)C1.Cl. The van der Waals surface area contributed by atoms with Gasteiger partial charge in [-0.1, -0.05) is 19.4 Å². The molecule has 1 aromatic heterocycles. The Morgan fingerprint density at radius 1 is 1.21 bits per heavy atom. The Hall–Kier alpha value is -1.83. The van der Waals surface area contributed by atoms with E-state index in [-0.39, 0.29) is 24.6 Å². The van der Waals surface area contributed by atoms with E-state index in [9.17, 15) is 0 Å². The molecule has 7 nitrogen and oxygen atoms in total. The molecular formula is C21H33ClN4O3. The van der Waals surface area contributed by atoms with E-state index in [1.54, 1.807) is 14.2 Å². The minimum Gasteiger partial charge on any atom is -0.497 e.